The molecule has 0 spiro atoms. The third-order valence-electron chi connectivity index (χ3n) is 2.71. The number of nitrogens with zero attached hydrogens (tertiary/aromatic N) is 1. The van der Waals surface area contributed by atoms with E-state index >= 15 is 0 Å². The van der Waals surface area contributed by atoms with E-state index in [1.807, 2.05) is 0 Å². The number of benzene rings is 1. The molecule has 3 amide bonds. The van der Waals surface area contributed by atoms with E-state index in [9.17, 15) is 14.7 Å². The number of likely N-dealkylation sites (N-methyl/N-ethyl adjacent to an activating group) is 1. The fourth-order valence-corrected chi connectivity index (χ4v) is 1.71. The maximum Gasteiger partial charge on any atom is 0.324 e. The molecule has 1 atom stereocenters. The van der Waals surface area contributed by atoms with Gasteiger partial charge in [-0.05, 0) is 17.7 Å². The summed E-state index contributed by atoms with van der Waals surface area (Å²) in [6.45, 7) is 0. The third kappa shape index (κ3) is 2.01. The lowest BCUT2D eigenvalue weighted by atomic mass is 10.1. The van der Waals surface area contributed by atoms with Crippen molar-refractivity contribution in [2.45, 2.75) is 12.5 Å². The molecule has 1 aromatic rings. The third-order valence-corrected chi connectivity index (χ3v) is 2.71. The van der Waals surface area contributed by atoms with Crippen LogP contribution in [0.5, 0.6) is 11.5 Å². The van der Waals surface area contributed by atoms with E-state index in [4.69, 9.17) is 5.11 Å². The molecule has 1 aromatic carbocycles. The Morgan fingerprint density at radius 3 is 2.53 bits per heavy atom. The number of rotatable bonds is 2. The Balaban J connectivity index is 2.14. The van der Waals surface area contributed by atoms with Gasteiger partial charge in [-0.1, -0.05) is 6.07 Å². The minimum Gasteiger partial charge on any atom is -0.504 e. The fraction of sp³-hybridized carbons (Fsp3) is 0.273. The van der Waals surface area contributed by atoms with Crippen molar-refractivity contribution in [3.05, 3.63) is 23.8 Å². The number of phenols is 2. The van der Waals surface area contributed by atoms with E-state index in [0.29, 0.717) is 5.56 Å². The molecule has 17 heavy (non-hydrogen) atoms. The predicted octanol–water partition coefficient (Wildman–Crippen LogP) is 0.191. The Hall–Kier alpha value is -2.24. The van der Waals surface area contributed by atoms with Gasteiger partial charge in [0.25, 0.3) is 5.91 Å². The average Bonchev–Trinajstić information content (AvgIpc) is 2.52. The Bertz CT molecular complexity index is 486. The number of nitrogens with one attached hydrogen (secondary N) is 1. The molecule has 0 saturated carbocycles. The molecular formula is C11H12N2O4. The predicted molar refractivity (Wildman–Crippen MR) is 58.6 cm³/mol. The number of aromatic hydroxyl groups is 2. The number of hydrogen-bond acceptors (Lipinski definition) is 4. The lowest BCUT2D eigenvalue weighted by molar-refractivity contribution is -0.126. The fourth-order valence-electron chi connectivity index (χ4n) is 1.71. The molecule has 3 N–H and O–H groups in total. The van der Waals surface area contributed by atoms with Gasteiger partial charge in [-0.3, -0.25) is 9.69 Å². The van der Waals surface area contributed by atoms with Gasteiger partial charge in [-0.25, -0.2) is 4.79 Å². The lowest BCUT2D eigenvalue weighted by Gasteiger charge is -2.08. The summed E-state index contributed by atoms with van der Waals surface area (Å²) in [5.74, 6) is -0.761. The zero-order valence-corrected chi connectivity index (χ0v) is 9.17. The van der Waals surface area contributed by atoms with Crippen LogP contribution in [0.25, 0.3) is 0 Å². The van der Waals surface area contributed by atoms with Crippen LogP contribution in [0, 0.1) is 0 Å². The van der Waals surface area contributed by atoms with Crippen LogP contribution in [-0.2, 0) is 11.2 Å². The van der Waals surface area contributed by atoms with Crippen LogP contribution in [0.4, 0.5) is 4.79 Å². The van der Waals surface area contributed by atoms with Crippen molar-refractivity contribution in [1.29, 1.82) is 0 Å². The standard InChI is InChI=1S/C11H12N2O4/c1-13-10(16)7(12-11(13)17)4-6-2-3-8(14)9(15)5-6/h2-3,5,7,14-15H,4H2,1H3,(H,12,17). The van der Waals surface area contributed by atoms with Gasteiger partial charge in [0.2, 0.25) is 0 Å². The highest BCUT2D eigenvalue weighted by Gasteiger charge is 2.35. The first-order chi connectivity index (χ1) is 7.99. The summed E-state index contributed by atoms with van der Waals surface area (Å²) < 4.78 is 0. The van der Waals surface area contributed by atoms with Crippen molar-refractivity contribution in [2.24, 2.45) is 0 Å². The van der Waals surface area contributed by atoms with Crippen LogP contribution in [0.3, 0.4) is 0 Å². The van der Waals surface area contributed by atoms with Gasteiger partial charge in [-0.2, -0.15) is 0 Å². The highest BCUT2D eigenvalue weighted by Crippen LogP contribution is 2.25. The maximum atomic E-state index is 11.6. The molecule has 2 rings (SSSR count). The van der Waals surface area contributed by atoms with Gasteiger partial charge < -0.3 is 15.5 Å². The summed E-state index contributed by atoms with van der Waals surface area (Å²) in [5.41, 5.74) is 0.661. The number of amides is 3. The highest BCUT2D eigenvalue weighted by atomic mass is 16.3. The van der Waals surface area contributed by atoms with Crippen molar-refractivity contribution in [2.75, 3.05) is 7.05 Å². The molecule has 0 radical (unpaired) electrons. The number of urea groups is 1. The topological polar surface area (TPSA) is 89.9 Å². The van der Waals surface area contributed by atoms with Gasteiger partial charge in [0.1, 0.15) is 6.04 Å². The first-order valence-electron chi connectivity index (χ1n) is 5.08. The number of hydrogen-bond donors (Lipinski definition) is 3. The normalized spacial score (nSPS) is 19.6. The molecule has 1 saturated heterocycles. The van der Waals surface area contributed by atoms with E-state index in [-0.39, 0.29) is 23.8 Å². The quantitative estimate of drug-likeness (QED) is 0.505. The Morgan fingerprint density at radius 1 is 1.29 bits per heavy atom. The Kier molecular flexibility index (Phi) is 2.63. The SMILES string of the molecule is CN1C(=O)NC(Cc2ccc(O)c(O)c2)C1=O. The molecule has 1 heterocycles. The molecule has 90 valence electrons. The van der Waals surface area contributed by atoms with Crippen LogP contribution in [-0.4, -0.2) is 40.1 Å². The summed E-state index contributed by atoms with van der Waals surface area (Å²) in [4.78, 5) is 23.8. The zero-order valence-electron chi connectivity index (χ0n) is 9.17. The highest BCUT2D eigenvalue weighted by molar-refractivity contribution is 6.03. The Labute approximate surface area is 97.5 Å². The van der Waals surface area contributed by atoms with E-state index in [0.717, 1.165) is 4.90 Å². The Morgan fingerprint density at radius 2 is 2.00 bits per heavy atom. The summed E-state index contributed by atoms with van der Waals surface area (Å²) in [6.07, 6.45) is 0.281. The molecule has 6 nitrogen and oxygen atoms in total. The van der Waals surface area contributed by atoms with Crippen molar-refractivity contribution in [3.63, 3.8) is 0 Å². The number of carbonyl (C=O) groups is 2. The van der Waals surface area contributed by atoms with Crippen LogP contribution < -0.4 is 5.32 Å². The van der Waals surface area contributed by atoms with Crippen molar-refractivity contribution in [3.8, 4) is 11.5 Å². The van der Waals surface area contributed by atoms with E-state index in [2.05, 4.69) is 5.32 Å². The van der Waals surface area contributed by atoms with E-state index in [1.165, 1.54) is 19.2 Å². The van der Waals surface area contributed by atoms with Crippen LogP contribution in [0.15, 0.2) is 18.2 Å². The van der Waals surface area contributed by atoms with Crippen molar-refractivity contribution in [1.82, 2.24) is 10.2 Å². The van der Waals surface area contributed by atoms with E-state index in [1.54, 1.807) is 6.07 Å². The van der Waals surface area contributed by atoms with Gasteiger partial charge in [-0.15, -0.1) is 0 Å². The average molecular weight is 236 g/mol. The van der Waals surface area contributed by atoms with Crippen LogP contribution in [0.1, 0.15) is 5.56 Å². The van der Waals surface area contributed by atoms with Crippen molar-refractivity contribution < 1.29 is 19.8 Å². The first-order valence-corrected chi connectivity index (χ1v) is 5.08. The van der Waals surface area contributed by atoms with Gasteiger partial charge in [0.05, 0.1) is 0 Å². The van der Waals surface area contributed by atoms with Gasteiger partial charge in [0, 0.05) is 13.5 Å². The van der Waals surface area contributed by atoms with Crippen LogP contribution >= 0.6 is 0 Å². The smallest absolute Gasteiger partial charge is 0.324 e. The summed E-state index contributed by atoms with van der Waals surface area (Å²) in [6, 6.07) is 3.26. The second-order valence-corrected chi connectivity index (χ2v) is 3.93. The van der Waals surface area contributed by atoms with Gasteiger partial charge >= 0.3 is 6.03 Å². The number of imide groups is 1. The first kappa shape index (κ1) is 11.3. The molecule has 1 aliphatic rings. The molecule has 1 aliphatic heterocycles. The lowest BCUT2D eigenvalue weighted by Crippen LogP contribution is -2.31. The second kappa shape index (κ2) is 3.97. The molecule has 6 heteroatoms. The number of carbonyl (C=O) groups excluding carboxylic acids is 2. The van der Waals surface area contributed by atoms with Crippen molar-refractivity contribution >= 4 is 11.9 Å². The minimum absolute atomic E-state index is 0.215. The molecule has 0 aliphatic carbocycles. The largest absolute Gasteiger partial charge is 0.504 e. The molecule has 1 fully saturated rings. The molecule has 0 bridgehead atoms. The summed E-state index contributed by atoms with van der Waals surface area (Å²) in [5, 5.41) is 21.0. The summed E-state index contributed by atoms with van der Waals surface area (Å²) >= 11 is 0. The number of phenolic OH excluding ortho intramolecular Hbond substituents is 2. The molecule has 1 unspecified atom stereocenters. The van der Waals surface area contributed by atoms with Gasteiger partial charge in [0.15, 0.2) is 11.5 Å². The molecule has 0 aromatic heterocycles. The summed E-state index contributed by atoms with van der Waals surface area (Å²) in [7, 11) is 1.41. The second-order valence-electron chi connectivity index (χ2n) is 3.93. The molecular weight excluding hydrogens is 224 g/mol. The zero-order chi connectivity index (χ0) is 12.6. The monoisotopic (exact) mass is 236 g/mol. The van der Waals surface area contributed by atoms with Crippen LogP contribution in [0.2, 0.25) is 0 Å². The maximum absolute atomic E-state index is 11.6. The minimum atomic E-state index is -0.614. The van der Waals surface area contributed by atoms with E-state index < -0.39 is 12.1 Å².